The summed E-state index contributed by atoms with van der Waals surface area (Å²) < 4.78 is 26.8. The van der Waals surface area contributed by atoms with Gasteiger partial charge in [0.1, 0.15) is 0 Å². The van der Waals surface area contributed by atoms with Gasteiger partial charge in [-0.25, -0.2) is 13.1 Å². The van der Waals surface area contributed by atoms with Gasteiger partial charge < -0.3 is 5.73 Å². The zero-order valence-corrected chi connectivity index (χ0v) is 11.7. The fourth-order valence-electron chi connectivity index (χ4n) is 1.59. The molecule has 4 N–H and O–H groups in total. The molecule has 1 heterocycles. The molecule has 2 aromatic rings. The van der Waals surface area contributed by atoms with Crippen LogP contribution < -0.4 is 10.5 Å². The van der Waals surface area contributed by atoms with Gasteiger partial charge in [-0.05, 0) is 24.6 Å². The summed E-state index contributed by atoms with van der Waals surface area (Å²) in [6, 6.07) is 2.89. The lowest BCUT2D eigenvalue weighted by Gasteiger charge is -2.10. The highest BCUT2D eigenvalue weighted by Crippen LogP contribution is 2.26. The number of nitrogens with one attached hydrogen (secondary N) is 2. The highest BCUT2D eigenvalue weighted by Gasteiger charge is 2.18. The molecule has 0 bridgehead atoms. The molecule has 102 valence electrons. The van der Waals surface area contributed by atoms with E-state index in [1.807, 2.05) is 0 Å². The zero-order valence-electron chi connectivity index (χ0n) is 10.1. The minimum absolute atomic E-state index is 0.123. The lowest BCUT2D eigenvalue weighted by atomic mass is 10.2. The molecule has 0 radical (unpaired) electrons. The van der Waals surface area contributed by atoms with Crippen molar-refractivity contribution in [1.82, 2.24) is 14.9 Å². The van der Waals surface area contributed by atoms with E-state index in [4.69, 9.17) is 17.3 Å². The molecule has 8 heteroatoms. The maximum atomic E-state index is 12.2. The van der Waals surface area contributed by atoms with Gasteiger partial charge in [0.05, 0.1) is 21.8 Å². The van der Waals surface area contributed by atoms with Crippen LogP contribution in [-0.2, 0) is 16.6 Å². The SMILES string of the molecule is Cc1cc(Cl)c(N)cc1S(=O)(=O)NCc1cn[nH]c1. The minimum atomic E-state index is -3.64. The van der Waals surface area contributed by atoms with Crippen molar-refractivity contribution in [3.63, 3.8) is 0 Å². The van der Waals surface area contributed by atoms with Crippen molar-refractivity contribution in [3.05, 3.63) is 40.7 Å². The predicted octanol–water partition coefficient (Wildman–Crippen LogP) is 1.43. The lowest BCUT2D eigenvalue weighted by Crippen LogP contribution is -2.24. The molecule has 0 unspecified atom stereocenters. The van der Waals surface area contributed by atoms with Gasteiger partial charge in [0, 0.05) is 18.3 Å². The maximum absolute atomic E-state index is 12.2. The summed E-state index contributed by atoms with van der Waals surface area (Å²) in [5.41, 5.74) is 7.15. The Morgan fingerprint density at radius 1 is 1.47 bits per heavy atom. The van der Waals surface area contributed by atoms with Crippen LogP contribution in [0.1, 0.15) is 11.1 Å². The number of rotatable bonds is 4. The molecule has 0 spiro atoms. The van der Waals surface area contributed by atoms with Crippen LogP contribution in [-0.4, -0.2) is 18.6 Å². The summed E-state index contributed by atoms with van der Waals surface area (Å²) in [5.74, 6) is 0. The van der Waals surface area contributed by atoms with Gasteiger partial charge in [-0.1, -0.05) is 11.6 Å². The number of aromatic amines is 1. The van der Waals surface area contributed by atoms with E-state index in [0.29, 0.717) is 10.6 Å². The van der Waals surface area contributed by atoms with Gasteiger partial charge in [0.25, 0.3) is 0 Å². The number of benzene rings is 1. The number of aromatic nitrogens is 2. The normalized spacial score (nSPS) is 11.7. The van der Waals surface area contributed by atoms with E-state index in [-0.39, 0.29) is 17.1 Å². The fraction of sp³-hybridized carbons (Fsp3) is 0.182. The second-order valence-electron chi connectivity index (χ2n) is 4.07. The number of anilines is 1. The van der Waals surface area contributed by atoms with E-state index in [0.717, 1.165) is 5.56 Å². The Labute approximate surface area is 116 Å². The van der Waals surface area contributed by atoms with E-state index in [2.05, 4.69) is 14.9 Å². The number of hydrogen-bond acceptors (Lipinski definition) is 4. The van der Waals surface area contributed by atoms with Crippen LogP contribution in [0, 0.1) is 6.92 Å². The molecule has 0 fully saturated rings. The molecular formula is C11H13ClN4O2S. The second-order valence-corrected chi connectivity index (χ2v) is 6.21. The van der Waals surface area contributed by atoms with Gasteiger partial charge in [0.2, 0.25) is 10.0 Å². The second kappa shape index (κ2) is 5.20. The number of H-pyrrole nitrogens is 1. The average molecular weight is 301 g/mol. The lowest BCUT2D eigenvalue weighted by molar-refractivity contribution is 0.581. The molecule has 1 aromatic carbocycles. The number of hydrogen-bond donors (Lipinski definition) is 3. The van der Waals surface area contributed by atoms with Crippen molar-refractivity contribution in [2.24, 2.45) is 0 Å². The van der Waals surface area contributed by atoms with Crippen molar-refractivity contribution in [2.75, 3.05) is 5.73 Å². The third-order valence-corrected chi connectivity index (χ3v) is 4.48. The van der Waals surface area contributed by atoms with Gasteiger partial charge >= 0.3 is 0 Å². The number of nitrogen functional groups attached to an aromatic ring is 1. The van der Waals surface area contributed by atoms with Crippen molar-refractivity contribution >= 4 is 27.3 Å². The summed E-state index contributed by atoms with van der Waals surface area (Å²) in [7, 11) is -3.64. The summed E-state index contributed by atoms with van der Waals surface area (Å²) in [6.07, 6.45) is 3.16. The molecule has 0 aliphatic rings. The standard InChI is InChI=1S/C11H13ClN4O2S/c1-7-2-9(12)10(13)3-11(7)19(17,18)16-6-8-4-14-15-5-8/h2-5,16H,6,13H2,1H3,(H,14,15). The first-order valence-corrected chi connectivity index (χ1v) is 7.29. The first-order chi connectivity index (χ1) is 8.90. The average Bonchev–Trinajstić information content (AvgIpc) is 2.84. The molecular weight excluding hydrogens is 288 g/mol. The van der Waals surface area contributed by atoms with Crippen molar-refractivity contribution in [3.8, 4) is 0 Å². The number of halogens is 1. The Balaban J connectivity index is 2.27. The Kier molecular flexibility index (Phi) is 3.79. The molecule has 19 heavy (non-hydrogen) atoms. The van der Waals surface area contributed by atoms with Crippen LogP contribution in [0.2, 0.25) is 5.02 Å². The van der Waals surface area contributed by atoms with Crippen molar-refractivity contribution < 1.29 is 8.42 Å². The number of nitrogens with zero attached hydrogens (tertiary/aromatic N) is 1. The van der Waals surface area contributed by atoms with Crippen LogP contribution in [0.25, 0.3) is 0 Å². The van der Waals surface area contributed by atoms with Gasteiger partial charge in [-0.2, -0.15) is 5.10 Å². The van der Waals surface area contributed by atoms with Crippen LogP contribution >= 0.6 is 11.6 Å². The summed E-state index contributed by atoms with van der Waals surface area (Å²) >= 11 is 5.84. The number of aryl methyl sites for hydroxylation is 1. The molecule has 1 aromatic heterocycles. The van der Waals surface area contributed by atoms with Crippen LogP contribution in [0.15, 0.2) is 29.4 Å². The van der Waals surface area contributed by atoms with E-state index in [1.165, 1.54) is 12.1 Å². The molecule has 0 aliphatic heterocycles. The van der Waals surface area contributed by atoms with E-state index >= 15 is 0 Å². The third-order valence-electron chi connectivity index (χ3n) is 2.60. The van der Waals surface area contributed by atoms with Gasteiger partial charge in [-0.3, -0.25) is 5.10 Å². The Morgan fingerprint density at radius 2 is 2.21 bits per heavy atom. The predicted molar refractivity (Wildman–Crippen MR) is 73.2 cm³/mol. The zero-order chi connectivity index (χ0) is 14.0. The maximum Gasteiger partial charge on any atom is 0.241 e. The fourth-order valence-corrected chi connectivity index (χ4v) is 3.08. The topological polar surface area (TPSA) is 101 Å². The summed E-state index contributed by atoms with van der Waals surface area (Å²) in [6.45, 7) is 1.82. The molecule has 0 amide bonds. The van der Waals surface area contributed by atoms with Crippen LogP contribution in [0.4, 0.5) is 5.69 Å². The first-order valence-electron chi connectivity index (χ1n) is 5.43. The third kappa shape index (κ3) is 3.06. The largest absolute Gasteiger partial charge is 0.397 e. The first kappa shape index (κ1) is 13.9. The summed E-state index contributed by atoms with van der Waals surface area (Å²) in [4.78, 5) is 0.123. The highest BCUT2D eigenvalue weighted by molar-refractivity contribution is 7.89. The number of nitrogens with two attached hydrogens (primary N) is 1. The Hall–Kier alpha value is -1.57. The Bertz CT molecular complexity index is 683. The molecule has 2 rings (SSSR count). The van der Waals surface area contributed by atoms with Gasteiger partial charge in [0.15, 0.2) is 0 Å². The van der Waals surface area contributed by atoms with E-state index < -0.39 is 10.0 Å². The quantitative estimate of drug-likeness (QED) is 0.744. The summed E-state index contributed by atoms with van der Waals surface area (Å²) in [5, 5.41) is 6.69. The molecule has 0 aliphatic carbocycles. The van der Waals surface area contributed by atoms with Crippen LogP contribution in [0.5, 0.6) is 0 Å². The smallest absolute Gasteiger partial charge is 0.241 e. The van der Waals surface area contributed by atoms with E-state index in [1.54, 1.807) is 19.3 Å². The van der Waals surface area contributed by atoms with Crippen molar-refractivity contribution in [1.29, 1.82) is 0 Å². The van der Waals surface area contributed by atoms with Crippen LogP contribution in [0.3, 0.4) is 0 Å². The molecule has 6 nitrogen and oxygen atoms in total. The van der Waals surface area contributed by atoms with E-state index in [9.17, 15) is 8.42 Å². The van der Waals surface area contributed by atoms with Crippen molar-refractivity contribution in [2.45, 2.75) is 18.4 Å². The van der Waals surface area contributed by atoms with Gasteiger partial charge in [-0.15, -0.1) is 0 Å². The highest BCUT2D eigenvalue weighted by atomic mass is 35.5. The Morgan fingerprint density at radius 3 is 2.84 bits per heavy atom. The molecule has 0 saturated carbocycles. The molecule has 0 saturated heterocycles. The molecule has 0 atom stereocenters. The number of sulfonamides is 1. The monoisotopic (exact) mass is 300 g/mol. The minimum Gasteiger partial charge on any atom is -0.397 e.